The number of benzene rings is 1. The summed E-state index contributed by atoms with van der Waals surface area (Å²) in [7, 11) is 0. The number of nitrogens with zero attached hydrogens (tertiary/aromatic N) is 1. The van der Waals surface area contributed by atoms with E-state index in [0.717, 1.165) is 30.3 Å². The molecule has 1 fully saturated rings. The van der Waals surface area contributed by atoms with E-state index >= 15 is 0 Å². The van der Waals surface area contributed by atoms with E-state index in [1.807, 2.05) is 12.1 Å². The average Bonchev–Trinajstić information content (AvgIpc) is 2.65. The first-order chi connectivity index (χ1) is 9.24. The van der Waals surface area contributed by atoms with Crippen molar-refractivity contribution in [2.24, 2.45) is 5.92 Å². The Labute approximate surface area is 124 Å². The lowest BCUT2D eigenvalue weighted by Crippen LogP contribution is -2.25. The van der Waals surface area contributed by atoms with E-state index in [0.29, 0.717) is 5.33 Å². The van der Waals surface area contributed by atoms with Crippen molar-refractivity contribution in [2.45, 2.75) is 44.4 Å². The minimum absolute atomic E-state index is 0.0779. The first-order valence-corrected chi connectivity index (χ1v) is 8.46. The number of hydrogen-bond acceptors (Lipinski definition) is 1. The molecule has 1 aromatic rings. The Morgan fingerprint density at radius 3 is 2.84 bits per heavy atom. The Morgan fingerprint density at radius 2 is 2.16 bits per heavy atom. The topological polar surface area (TPSA) is 3.24 Å². The highest BCUT2D eigenvalue weighted by Crippen LogP contribution is 2.27. The van der Waals surface area contributed by atoms with Gasteiger partial charge < -0.3 is 4.90 Å². The van der Waals surface area contributed by atoms with Gasteiger partial charge in [0.1, 0.15) is 5.82 Å². The third-order valence-electron chi connectivity index (χ3n) is 4.05. The van der Waals surface area contributed by atoms with Gasteiger partial charge in [0.15, 0.2) is 0 Å². The van der Waals surface area contributed by atoms with Gasteiger partial charge in [-0.1, -0.05) is 41.8 Å². The SMILES string of the molecule is CCCC1CCCN(c2ccc(CBr)cc2F)CC1. The number of alkyl halides is 1. The van der Waals surface area contributed by atoms with E-state index in [9.17, 15) is 4.39 Å². The third-order valence-corrected chi connectivity index (χ3v) is 4.70. The summed E-state index contributed by atoms with van der Waals surface area (Å²) in [5.74, 6) is 0.755. The molecule has 1 saturated heterocycles. The van der Waals surface area contributed by atoms with Crippen molar-refractivity contribution in [3.63, 3.8) is 0 Å². The fourth-order valence-corrected chi connectivity index (χ4v) is 3.34. The lowest BCUT2D eigenvalue weighted by atomic mass is 9.96. The van der Waals surface area contributed by atoms with Crippen LogP contribution in [0.5, 0.6) is 0 Å². The molecule has 3 heteroatoms. The molecule has 0 radical (unpaired) electrons. The molecule has 0 bridgehead atoms. The molecule has 1 heterocycles. The van der Waals surface area contributed by atoms with Gasteiger partial charge in [0.05, 0.1) is 5.69 Å². The highest BCUT2D eigenvalue weighted by molar-refractivity contribution is 9.08. The second-order valence-corrected chi connectivity index (χ2v) is 6.05. The summed E-state index contributed by atoms with van der Waals surface area (Å²) in [6, 6.07) is 5.60. The summed E-state index contributed by atoms with van der Waals surface area (Å²) in [6.07, 6.45) is 6.26. The first-order valence-electron chi connectivity index (χ1n) is 7.34. The number of hydrogen-bond donors (Lipinski definition) is 0. The molecule has 1 aliphatic rings. The molecule has 0 amide bonds. The summed E-state index contributed by atoms with van der Waals surface area (Å²) < 4.78 is 14.1. The summed E-state index contributed by atoms with van der Waals surface area (Å²) in [4.78, 5) is 2.23. The molecular weight excluding hydrogens is 305 g/mol. The fourth-order valence-electron chi connectivity index (χ4n) is 2.99. The van der Waals surface area contributed by atoms with Gasteiger partial charge >= 0.3 is 0 Å². The summed E-state index contributed by atoms with van der Waals surface area (Å²) in [6.45, 7) is 4.24. The summed E-state index contributed by atoms with van der Waals surface area (Å²) in [5, 5.41) is 0.711. The Bertz CT molecular complexity index is 408. The van der Waals surface area contributed by atoms with Crippen molar-refractivity contribution in [3.05, 3.63) is 29.6 Å². The average molecular weight is 328 g/mol. The smallest absolute Gasteiger partial charge is 0.146 e. The standard InChI is InChI=1S/C16H23BrFN/c1-2-4-13-5-3-9-19(10-8-13)16-7-6-14(12-17)11-15(16)18/h6-7,11,13H,2-5,8-10,12H2,1H3. The van der Waals surface area contributed by atoms with Crippen LogP contribution in [0.2, 0.25) is 0 Å². The zero-order valence-electron chi connectivity index (χ0n) is 11.7. The highest BCUT2D eigenvalue weighted by atomic mass is 79.9. The van der Waals surface area contributed by atoms with Crippen LogP contribution in [0.25, 0.3) is 0 Å². The van der Waals surface area contributed by atoms with Crippen LogP contribution in [0.3, 0.4) is 0 Å². The normalized spacial score (nSPS) is 20.4. The van der Waals surface area contributed by atoms with E-state index in [4.69, 9.17) is 0 Å². The van der Waals surface area contributed by atoms with Gasteiger partial charge in [-0.3, -0.25) is 0 Å². The van der Waals surface area contributed by atoms with Gasteiger partial charge in [-0.2, -0.15) is 0 Å². The van der Waals surface area contributed by atoms with Crippen molar-refractivity contribution in [1.82, 2.24) is 0 Å². The van der Waals surface area contributed by atoms with Crippen molar-refractivity contribution in [2.75, 3.05) is 18.0 Å². The summed E-state index contributed by atoms with van der Waals surface area (Å²) in [5.41, 5.74) is 1.78. The minimum Gasteiger partial charge on any atom is -0.369 e. The van der Waals surface area contributed by atoms with Gasteiger partial charge in [0.2, 0.25) is 0 Å². The van der Waals surface area contributed by atoms with Gasteiger partial charge in [-0.05, 0) is 42.9 Å². The van der Waals surface area contributed by atoms with Gasteiger partial charge in [-0.15, -0.1) is 0 Å². The third kappa shape index (κ3) is 3.95. The lowest BCUT2D eigenvalue weighted by Gasteiger charge is -2.23. The molecule has 1 unspecified atom stereocenters. The highest BCUT2D eigenvalue weighted by Gasteiger charge is 2.18. The maximum absolute atomic E-state index is 14.1. The number of halogens is 2. The Balaban J connectivity index is 2.05. The molecule has 1 aromatic carbocycles. The van der Waals surface area contributed by atoms with E-state index in [1.54, 1.807) is 6.07 Å². The van der Waals surface area contributed by atoms with Crippen LogP contribution < -0.4 is 4.90 Å². The summed E-state index contributed by atoms with van der Waals surface area (Å²) >= 11 is 3.37. The van der Waals surface area contributed by atoms with Crippen LogP contribution >= 0.6 is 15.9 Å². The molecule has 19 heavy (non-hydrogen) atoms. The molecule has 0 spiro atoms. The van der Waals surface area contributed by atoms with Crippen molar-refractivity contribution in [1.29, 1.82) is 0 Å². The van der Waals surface area contributed by atoms with Crippen molar-refractivity contribution < 1.29 is 4.39 Å². The predicted molar refractivity (Wildman–Crippen MR) is 83.5 cm³/mol. The zero-order valence-corrected chi connectivity index (χ0v) is 13.3. The first kappa shape index (κ1) is 14.8. The monoisotopic (exact) mass is 327 g/mol. The van der Waals surface area contributed by atoms with Crippen LogP contribution in [0.15, 0.2) is 18.2 Å². The molecule has 0 saturated carbocycles. The molecule has 1 nitrogen and oxygen atoms in total. The minimum atomic E-state index is -0.0779. The second-order valence-electron chi connectivity index (χ2n) is 5.49. The van der Waals surface area contributed by atoms with Gasteiger partial charge in [-0.25, -0.2) is 4.39 Å². The molecule has 2 rings (SSSR count). The molecule has 1 aliphatic heterocycles. The van der Waals surface area contributed by atoms with E-state index in [1.165, 1.54) is 32.1 Å². The molecule has 0 aliphatic carbocycles. The van der Waals surface area contributed by atoms with Crippen molar-refractivity contribution >= 4 is 21.6 Å². The zero-order chi connectivity index (χ0) is 13.7. The van der Waals surface area contributed by atoms with Gasteiger partial charge in [0, 0.05) is 18.4 Å². The van der Waals surface area contributed by atoms with Crippen molar-refractivity contribution in [3.8, 4) is 0 Å². The Morgan fingerprint density at radius 1 is 1.32 bits per heavy atom. The van der Waals surface area contributed by atoms with Crippen LogP contribution in [-0.4, -0.2) is 13.1 Å². The molecule has 106 valence electrons. The fraction of sp³-hybridized carbons (Fsp3) is 0.625. The quantitative estimate of drug-likeness (QED) is 0.693. The molecule has 1 atom stereocenters. The molecule has 0 aromatic heterocycles. The second kappa shape index (κ2) is 7.28. The van der Waals surface area contributed by atoms with Crippen LogP contribution in [0.1, 0.15) is 44.6 Å². The lowest BCUT2D eigenvalue weighted by molar-refractivity contribution is 0.435. The Kier molecular flexibility index (Phi) is 5.68. The van der Waals surface area contributed by atoms with E-state index < -0.39 is 0 Å². The molecule has 0 N–H and O–H groups in total. The predicted octanol–water partition coefficient (Wildman–Crippen LogP) is 5.13. The Hall–Kier alpha value is -0.570. The number of rotatable bonds is 4. The number of anilines is 1. The van der Waals surface area contributed by atoms with Gasteiger partial charge in [0.25, 0.3) is 0 Å². The van der Waals surface area contributed by atoms with E-state index in [-0.39, 0.29) is 5.82 Å². The van der Waals surface area contributed by atoms with Crippen LogP contribution in [0.4, 0.5) is 10.1 Å². The maximum Gasteiger partial charge on any atom is 0.146 e. The maximum atomic E-state index is 14.1. The van der Waals surface area contributed by atoms with Crippen LogP contribution in [0, 0.1) is 11.7 Å². The van der Waals surface area contributed by atoms with E-state index in [2.05, 4.69) is 27.8 Å². The van der Waals surface area contributed by atoms with Crippen LogP contribution in [-0.2, 0) is 5.33 Å². The molecular formula is C16H23BrFN. The largest absolute Gasteiger partial charge is 0.369 e.